The number of anilines is 2. The van der Waals surface area contributed by atoms with Gasteiger partial charge in [-0.1, -0.05) is 12.2 Å². The van der Waals surface area contributed by atoms with Crippen LogP contribution < -0.4 is 22.3 Å². The van der Waals surface area contributed by atoms with Crippen LogP contribution in [0.15, 0.2) is 21.7 Å². The highest BCUT2D eigenvalue weighted by atomic mass is 16.2. The topological polar surface area (TPSA) is 92.9 Å². The van der Waals surface area contributed by atoms with Gasteiger partial charge in [0.25, 0.3) is 5.56 Å². The lowest BCUT2D eigenvalue weighted by Crippen LogP contribution is -2.32. The number of hydrogen-bond donors (Lipinski definition) is 3. The van der Waals surface area contributed by atoms with Gasteiger partial charge in [0, 0.05) is 13.6 Å². The third-order valence-corrected chi connectivity index (χ3v) is 2.22. The van der Waals surface area contributed by atoms with Crippen molar-refractivity contribution in [2.75, 3.05) is 17.6 Å². The SMILES string of the molecule is C/C=C/CCNc1c(N)n(C)c(=O)[nH]c1=O. The molecule has 6 nitrogen and oxygen atoms in total. The first-order valence-corrected chi connectivity index (χ1v) is 5.01. The minimum absolute atomic E-state index is 0.147. The van der Waals surface area contributed by atoms with E-state index in [1.165, 1.54) is 11.6 Å². The van der Waals surface area contributed by atoms with Gasteiger partial charge in [0.15, 0.2) is 0 Å². The van der Waals surface area contributed by atoms with E-state index in [0.717, 1.165) is 6.42 Å². The number of nitrogen functional groups attached to an aromatic ring is 1. The molecule has 88 valence electrons. The maximum absolute atomic E-state index is 11.4. The molecule has 16 heavy (non-hydrogen) atoms. The van der Waals surface area contributed by atoms with E-state index in [0.29, 0.717) is 6.54 Å². The van der Waals surface area contributed by atoms with Gasteiger partial charge in [0.05, 0.1) is 0 Å². The molecule has 0 atom stereocenters. The van der Waals surface area contributed by atoms with Gasteiger partial charge in [-0.15, -0.1) is 0 Å². The Morgan fingerprint density at radius 1 is 1.50 bits per heavy atom. The number of aromatic nitrogens is 2. The van der Waals surface area contributed by atoms with Crippen molar-refractivity contribution in [1.82, 2.24) is 9.55 Å². The first kappa shape index (κ1) is 12.1. The van der Waals surface area contributed by atoms with Crippen LogP contribution in [0.4, 0.5) is 11.5 Å². The molecular weight excluding hydrogens is 208 g/mol. The number of allylic oxidation sites excluding steroid dienone is 1. The lowest BCUT2D eigenvalue weighted by molar-refractivity contribution is 0.812. The molecule has 0 radical (unpaired) electrons. The quantitative estimate of drug-likeness (QED) is 0.497. The van der Waals surface area contributed by atoms with E-state index in [4.69, 9.17) is 5.73 Å². The van der Waals surface area contributed by atoms with Crippen LogP contribution in [0.25, 0.3) is 0 Å². The summed E-state index contributed by atoms with van der Waals surface area (Å²) in [4.78, 5) is 24.8. The lowest BCUT2D eigenvalue weighted by Gasteiger charge is -2.09. The molecule has 0 saturated carbocycles. The molecule has 1 aromatic rings. The number of nitrogens with zero attached hydrogens (tertiary/aromatic N) is 1. The summed E-state index contributed by atoms with van der Waals surface area (Å²) >= 11 is 0. The molecule has 0 aliphatic heterocycles. The van der Waals surface area contributed by atoms with Crippen molar-refractivity contribution < 1.29 is 0 Å². The lowest BCUT2D eigenvalue weighted by atomic mass is 10.3. The van der Waals surface area contributed by atoms with Gasteiger partial charge in [-0.25, -0.2) is 4.79 Å². The van der Waals surface area contributed by atoms with Gasteiger partial charge in [-0.3, -0.25) is 14.3 Å². The summed E-state index contributed by atoms with van der Waals surface area (Å²) < 4.78 is 1.19. The molecule has 0 saturated heterocycles. The van der Waals surface area contributed by atoms with Crippen LogP contribution in [-0.2, 0) is 7.05 Å². The number of H-pyrrole nitrogens is 1. The third kappa shape index (κ3) is 2.53. The average molecular weight is 224 g/mol. The highest BCUT2D eigenvalue weighted by Gasteiger charge is 2.08. The number of nitrogens with one attached hydrogen (secondary N) is 2. The van der Waals surface area contributed by atoms with Crippen LogP contribution in [0.1, 0.15) is 13.3 Å². The van der Waals surface area contributed by atoms with Crippen molar-refractivity contribution in [3.63, 3.8) is 0 Å². The van der Waals surface area contributed by atoms with Crippen LogP contribution in [0.3, 0.4) is 0 Å². The van der Waals surface area contributed by atoms with Crippen molar-refractivity contribution in [3.8, 4) is 0 Å². The molecule has 0 bridgehead atoms. The summed E-state index contributed by atoms with van der Waals surface area (Å²) in [5, 5.41) is 2.90. The Bertz CT molecular complexity index is 499. The second-order valence-corrected chi connectivity index (χ2v) is 3.36. The normalized spacial score (nSPS) is 10.9. The van der Waals surface area contributed by atoms with Crippen LogP contribution in [0, 0.1) is 0 Å². The minimum Gasteiger partial charge on any atom is -0.383 e. The van der Waals surface area contributed by atoms with Crippen LogP contribution in [0.2, 0.25) is 0 Å². The van der Waals surface area contributed by atoms with E-state index >= 15 is 0 Å². The van der Waals surface area contributed by atoms with E-state index in [-0.39, 0.29) is 11.5 Å². The van der Waals surface area contributed by atoms with Gasteiger partial charge < -0.3 is 11.1 Å². The van der Waals surface area contributed by atoms with Gasteiger partial charge in [0.1, 0.15) is 11.5 Å². The molecule has 0 aliphatic carbocycles. The second-order valence-electron chi connectivity index (χ2n) is 3.36. The Labute approximate surface area is 92.8 Å². The zero-order valence-electron chi connectivity index (χ0n) is 9.41. The zero-order valence-corrected chi connectivity index (χ0v) is 9.41. The van der Waals surface area contributed by atoms with Crippen molar-refractivity contribution in [2.24, 2.45) is 7.05 Å². The Morgan fingerprint density at radius 2 is 2.19 bits per heavy atom. The van der Waals surface area contributed by atoms with E-state index in [1.807, 2.05) is 19.1 Å². The summed E-state index contributed by atoms with van der Waals surface area (Å²) in [5.74, 6) is 0.147. The molecule has 1 heterocycles. The molecule has 6 heteroatoms. The standard InChI is InChI=1S/C10H16N4O2/c1-3-4-5-6-12-7-8(11)14(2)10(16)13-9(7)15/h3-4,12H,5-6,11H2,1-2H3,(H,13,15,16)/b4-3+. The summed E-state index contributed by atoms with van der Waals surface area (Å²) in [6, 6.07) is 0. The van der Waals surface area contributed by atoms with E-state index in [2.05, 4.69) is 10.3 Å². The first-order valence-electron chi connectivity index (χ1n) is 5.01. The monoisotopic (exact) mass is 224 g/mol. The summed E-state index contributed by atoms with van der Waals surface area (Å²) in [6.07, 6.45) is 4.69. The fourth-order valence-electron chi connectivity index (χ4n) is 1.25. The summed E-state index contributed by atoms with van der Waals surface area (Å²) in [6.45, 7) is 2.52. The molecule has 0 amide bonds. The molecule has 1 rings (SSSR count). The van der Waals surface area contributed by atoms with Gasteiger partial charge in [-0.05, 0) is 13.3 Å². The molecule has 1 aromatic heterocycles. The Morgan fingerprint density at radius 3 is 2.81 bits per heavy atom. The molecule has 0 aromatic carbocycles. The van der Waals surface area contributed by atoms with Crippen LogP contribution >= 0.6 is 0 Å². The van der Waals surface area contributed by atoms with Crippen molar-refractivity contribution in [2.45, 2.75) is 13.3 Å². The van der Waals surface area contributed by atoms with Gasteiger partial charge in [0.2, 0.25) is 0 Å². The predicted molar refractivity (Wildman–Crippen MR) is 64.6 cm³/mol. The number of rotatable bonds is 4. The summed E-state index contributed by atoms with van der Waals surface area (Å²) in [7, 11) is 1.50. The number of hydrogen-bond acceptors (Lipinski definition) is 4. The van der Waals surface area contributed by atoms with Crippen molar-refractivity contribution >= 4 is 11.5 Å². The maximum Gasteiger partial charge on any atom is 0.329 e. The smallest absolute Gasteiger partial charge is 0.329 e. The predicted octanol–water partition coefficient (Wildman–Crippen LogP) is 0.0339. The highest BCUT2D eigenvalue weighted by molar-refractivity contribution is 5.60. The van der Waals surface area contributed by atoms with Crippen molar-refractivity contribution in [3.05, 3.63) is 33.0 Å². The molecule has 4 N–H and O–H groups in total. The largest absolute Gasteiger partial charge is 0.383 e. The molecule has 0 spiro atoms. The third-order valence-electron chi connectivity index (χ3n) is 2.22. The number of nitrogens with two attached hydrogens (primary N) is 1. The van der Waals surface area contributed by atoms with E-state index in [1.54, 1.807) is 0 Å². The Hall–Kier alpha value is -1.98. The van der Waals surface area contributed by atoms with Gasteiger partial charge >= 0.3 is 5.69 Å². The number of aromatic amines is 1. The average Bonchev–Trinajstić information content (AvgIpc) is 2.25. The van der Waals surface area contributed by atoms with E-state index in [9.17, 15) is 9.59 Å². The molecular formula is C10H16N4O2. The molecule has 0 aliphatic rings. The fourth-order valence-corrected chi connectivity index (χ4v) is 1.25. The van der Waals surface area contributed by atoms with Crippen LogP contribution in [-0.4, -0.2) is 16.1 Å². The minimum atomic E-state index is -0.512. The molecule has 0 unspecified atom stereocenters. The Kier molecular flexibility index (Phi) is 3.93. The fraction of sp³-hybridized carbons (Fsp3) is 0.400. The van der Waals surface area contributed by atoms with Crippen molar-refractivity contribution in [1.29, 1.82) is 0 Å². The van der Waals surface area contributed by atoms with Gasteiger partial charge in [-0.2, -0.15) is 0 Å². The van der Waals surface area contributed by atoms with Crippen LogP contribution in [0.5, 0.6) is 0 Å². The Balaban J connectivity index is 2.92. The first-order chi connectivity index (χ1) is 7.57. The molecule has 0 fully saturated rings. The second kappa shape index (κ2) is 5.20. The highest BCUT2D eigenvalue weighted by Crippen LogP contribution is 2.07. The maximum atomic E-state index is 11.4. The van der Waals surface area contributed by atoms with E-state index < -0.39 is 11.2 Å². The summed E-state index contributed by atoms with van der Waals surface area (Å²) in [5.41, 5.74) is 4.91. The zero-order chi connectivity index (χ0) is 12.1.